The molecule has 3 aromatic rings. The van der Waals surface area contributed by atoms with Crippen LogP contribution < -0.4 is 10.2 Å². The van der Waals surface area contributed by atoms with E-state index in [1.807, 2.05) is 0 Å². The normalized spacial score (nSPS) is 35.9. The van der Waals surface area contributed by atoms with Gasteiger partial charge in [-0.2, -0.15) is 0 Å². The Morgan fingerprint density at radius 1 is 0.649 bits per heavy atom. The second-order valence-corrected chi connectivity index (χ2v) is 13.5. The van der Waals surface area contributed by atoms with E-state index in [-0.39, 0.29) is 28.0 Å². The highest BCUT2D eigenvalue weighted by Crippen LogP contribution is 2.37. The number of aromatic hydroxyl groups is 3. The van der Waals surface area contributed by atoms with Crippen molar-refractivity contribution in [1.82, 2.24) is 0 Å². The molecule has 3 fully saturated rings. The Kier molecular flexibility index (Phi) is 12.9. The number of phenols is 3. The molecule has 22 nitrogen and oxygen atoms in total. The maximum Gasteiger partial charge on any atom is 0.302 e. The van der Waals surface area contributed by atoms with Crippen molar-refractivity contribution in [3.8, 4) is 34.3 Å². The number of ether oxygens (including phenoxy) is 7. The fourth-order valence-corrected chi connectivity index (χ4v) is 6.56. The van der Waals surface area contributed by atoms with Crippen molar-refractivity contribution in [1.29, 1.82) is 0 Å². The number of carbonyl (C=O) groups excluding carboxylic acids is 1. The molecule has 22 heteroatoms. The number of carbonyl (C=O) groups is 1. The first-order valence-electron chi connectivity index (χ1n) is 17.4. The van der Waals surface area contributed by atoms with Gasteiger partial charge in [-0.3, -0.25) is 9.59 Å². The van der Waals surface area contributed by atoms with E-state index in [1.54, 1.807) is 0 Å². The monoisotopic (exact) mass is 814 g/mol. The fourth-order valence-electron chi connectivity index (χ4n) is 6.56. The number of esters is 1. The maximum atomic E-state index is 13.0. The van der Waals surface area contributed by atoms with Crippen LogP contribution in [0.3, 0.4) is 0 Å². The Labute approximate surface area is 320 Å². The molecule has 0 spiro atoms. The molecule has 6 rings (SSSR count). The lowest BCUT2D eigenvalue weighted by atomic mass is 9.96. The fraction of sp³-hybridized carbons (Fsp3) is 0.543. The summed E-state index contributed by atoms with van der Waals surface area (Å²) in [6.45, 7) is -1.30. The summed E-state index contributed by atoms with van der Waals surface area (Å²) in [6, 6.07) is 6.76. The third-order valence-corrected chi connectivity index (χ3v) is 9.64. The minimum Gasteiger partial charge on any atom is -0.507 e. The molecule has 3 aliphatic rings. The first kappa shape index (κ1) is 42.4. The lowest BCUT2D eigenvalue weighted by molar-refractivity contribution is -0.380. The van der Waals surface area contributed by atoms with Crippen LogP contribution in [0.4, 0.5) is 0 Å². The van der Waals surface area contributed by atoms with E-state index in [1.165, 1.54) is 6.07 Å². The number of hydrogen-bond acceptors (Lipinski definition) is 22. The molecule has 12 N–H and O–H groups in total. The SMILES string of the molecule is CC(=O)OC[C@H]1O[C@@H](O[C@@H]2[C@@H](O)[C@H](O[C@H]3[C@H](Oc4cc(O)c5c(=O)cc(-c6ccc(O)c(O)c6)oc5c4)O[C@H](CO)[C@@H](O)[C@@H]3O)O[C@H](CO)[C@H]2O)[C@H](O)[C@H](O)[C@@H]1O. The summed E-state index contributed by atoms with van der Waals surface area (Å²) in [5, 5.41) is 126. The highest BCUT2D eigenvalue weighted by atomic mass is 16.8. The van der Waals surface area contributed by atoms with Gasteiger partial charge in [0.25, 0.3) is 0 Å². The van der Waals surface area contributed by atoms with Crippen LogP contribution in [0.15, 0.2) is 45.6 Å². The smallest absolute Gasteiger partial charge is 0.302 e. The van der Waals surface area contributed by atoms with Gasteiger partial charge in [-0.1, -0.05) is 0 Å². The number of benzene rings is 2. The highest BCUT2D eigenvalue weighted by molar-refractivity contribution is 5.86. The number of aliphatic hydroxyl groups excluding tert-OH is 9. The largest absolute Gasteiger partial charge is 0.507 e. The van der Waals surface area contributed by atoms with E-state index >= 15 is 0 Å². The van der Waals surface area contributed by atoms with Gasteiger partial charge in [0.05, 0.1) is 13.2 Å². The van der Waals surface area contributed by atoms with E-state index < -0.39 is 141 Å². The second-order valence-electron chi connectivity index (χ2n) is 13.5. The van der Waals surface area contributed by atoms with Gasteiger partial charge in [0.15, 0.2) is 35.6 Å². The lowest BCUT2D eigenvalue weighted by Gasteiger charge is -2.48. The third-order valence-electron chi connectivity index (χ3n) is 9.64. The predicted octanol–water partition coefficient (Wildman–Crippen LogP) is -4.03. The second kappa shape index (κ2) is 17.3. The summed E-state index contributed by atoms with van der Waals surface area (Å²) in [6.07, 6.45) is -27.5. The average molecular weight is 815 g/mol. The van der Waals surface area contributed by atoms with Crippen molar-refractivity contribution in [3.05, 3.63) is 46.6 Å². The zero-order valence-electron chi connectivity index (χ0n) is 29.7. The van der Waals surface area contributed by atoms with E-state index in [0.29, 0.717) is 0 Å². The Morgan fingerprint density at radius 2 is 1.26 bits per heavy atom. The first-order chi connectivity index (χ1) is 27.0. The molecule has 1 aromatic heterocycles. The molecule has 4 heterocycles. The zero-order valence-corrected chi connectivity index (χ0v) is 29.7. The molecular weight excluding hydrogens is 772 g/mol. The van der Waals surface area contributed by atoms with Crippen molar-refractivity contribution >= 4 is 16.9 Å². The van der Waals surface area contributed by atoms with Gasteiger partial charge < -0.3 is 98.9 Å². The Bertz CT molecular complexity index is 1940. The molecule has 15 atom stereocenters. The lowest BCUT2D eigenvalue weighted by Crippen LogP contribution is -2.67. The first-order valence-corrected chi connectivity index (χ1v) is 17.4. The Balaban J connectivity index is 1.27. The predicted molar refractivity (Wildman–Crippen MR) is 182 cm³/mol. The van der Waals surface area contributed by atoms with Gasteiger partial charge in [-0.25, -0.2) is 0 Å². The number of phenolic OH excluding ortho intramolecular Hbond substituents is 3. The molecule has 0 bridgehead atoms. The van der Waals surface area contributed by atoms with Crippen LogP contribution in [-0.4, -0.2) is 179 Å². The summed E-state index contributed by atoms with van der Waals surface area (Å²) < 4.78 is 44.7. The summed E-state index contributed by atoms with van der Waals surface area (Å²) in [7, 11) is 0. The zero-order chi connectivity index (χ0) is 41.5. The molecule has 0 unspecified atom stereocenters. The van der Waals surface area contributed by atoms with Gasteiger partial charge in [0.2, 0.25) is 6.29 Å². The number of rotatable bonds is 11. The van der Waals surface area contributed by atoms with Crippen molar-refractivity contribution in [2.75, 3.05) is 19.8 Å². The van der Waals surface area contributed by atoms with E-state index in [9.17, 15) is 70.9 Å². The van der Waals surface area contributed by atoms with Crippen molar-refractivity contribution in [2.24, 2.45) is 0 Å². The molecule has 314 valence electrons. The van der Waals surface area contributed by atoms with E-state index in [4.69, 9.17) is 37.6 Å². The van der Waals surface area contributed by atoms with Crippen LogP contribution in [0.25, 0.3) is 22.3 Å². The molecule has 3 aliphatic heterocycles. The summed E-state index contributed by atoms with van der Waals surface area (Å²) in [5.74, 6) is -2.74. The standard InChI is InChI=1S/C35H42O22/c1-11(38)50-10-22-25(44)27(46)29(48)33(55-22)56-31-26(45)21(9-37)53-34(30(31)49)57-32-28(47)24(43)20(8-36)54-35(32)51-13-5-16(41)23-17(42)7-18(52-19(23)6-13)12-2-3-14(39)15(40)4-12/h2-7,20-22,24-37,39-41,43-49H,8-10H2,1H3/t20-,21-,22-,24-,25-,26-,27-,28+,29-,30-,31+,32-,33+,34+,35-/m1/s1. The topological polar surface area (TPSA) is 355 Å². The van der Waals surface area contributed by atoms with Crippen LogP contribution in [0.5, 0.6) is 23.0 Å². The molecule has 0 aliphatic carbocycles. The van der Waals surface area contributed by atoms with Gasteiger partial charge in [0, 0.05) is 30.7 Å². The van der Waals surface area contributed by atoms with Crippen molar-refractivity contribution < 1.29 is 104 Å². The number of hydrogen-bond donors (Lipinski definition) is 12. The van der Waals surface area contributed by atoms with Crippen molar-refractivity contribution in [2.45, 2.75) is 99.0 Å². The van der Waals surface area contributed by atoms with Crippen LogP contribution >= 0.6 is 0 Å². The summed E-state index contributed by atoms with van der Waals surface area (Å²) in [5.41, 5.74) is -0.797. The molecule has 2 aromatic carbocycles. The molecule has 3 saturated heterocycles. The molecule has 0 saturated carbocycles. The summed E-state index contributed by atoms with van der Waals surface area (Å²) >= 11 is 0. The van der Waals surface area contributed by atoms with Crippen LogP contribution in [0, 0.1) is 0 Å². The van der Waals surface area contributed by atoms with Gasteiger partial charge >= 0.3 is 5.97 Å². The molecular formula is C35H42O22. The van der Waals surface area contributed by atoms with Crippen LogP contribution in [-0.2, 0) is 33.2 Å². The quantitative estimate of drug-likeness (QED) is 0.0648. The van der Waals surface area contributed by atoms with Gasteiger partial charge in [-0.15, -0.1) is 0 Å². The minimum atomic E-state index is -2.09. The van der Waals surface area contributed by atoms with Crippen molar-refractivity contribution in [3.63, 3.8) is 0 Å². The highest BCUT2D eigenvalue weighted by Gasteiger charge is 2.54. The number of fused-ring (bicyclic) bond motifs is 1. The molecule has 0 amide bonds. The Morgan fingerprint density at radius 3 is 1.93 bits per heavy atom. The third kappa shape index (κ3) is 8.64. The van der Waals surface area contributed by atoms with E-state index in [2.05, 4.69) is 0 Å². The molecule has 57 heavy (non-hydrogen) atoms. The summed E-state index contributed by atoms with van der Waals surface area (Å²) in [4.78, 5) is 24.3. The van der Waals surface area contributed by atoms with Gasteiger partial charge in [-0.05, 0) is 18.2 Å². The average Bonchev–Trinajstić information content (AvgIpc) is 3.17. The van der Waals surface area contributed by atoms with Crippen LogP contribution in [0.1, 0.15) is 6.92 Å². The number of aliphatic hydroxyl groups is 9. The maximum absolute atomic E-state index is 13.0. The van der Waals surface area contributed by atoms with Crippen LogP contribution in [0.2, 0.25) is 0 Å². The van der Waals surface area contributed by atoms with Gasteiger partial charge in [0.1, 0.15) is 102 Å². The molecule has 0 radical (unpaired) electrons. The van der Waals surface area contributed by atoms with E-state index in [0.717, 1.165) is 37.3 Å². The Hall–Kier alpha value is -4.24. The minimum absolute atomic E-state index is 0.0917.